The molecular weight excluding hydrogens is 306 g/mol. The maximum Gasteiger partial charge on any atom is 0.261 e. The van der Waals surface area contributed by atoms with E-state index in [1.54, 1.807) is 6.07 Å². The largest absolute Gasteiger partial charge is 0.506 e. The number of phenolic OH excluding ortho intramolecular Hbond substituents is 1. The second kappa shape index (κ2) is 5.94. The predicted octanol–water partition coefficient (Wildman–Crippen LogP) is 1.73. The zero-order chi connectivity index (χ0) is 16.3. The highest BCUT2D eigenvalue weighted by molar-refractivity contribution is 7.92. The van der Waals surface area contributed by atoms with Gasteiger partial charge in [0.25, 0.3) is 10.0 Å². The normalized spacial score (nSPS) is 11.0. The van der Waals surface area contributed by atoms with Crippen LogP contribution in [0.3, 0.4) is 0 Å². The standard InChI is InChI=1S/C14H15N3O4S/c1-9(18)16-10-3-2-4-12(7-10)22(20,21)17-11-5-6-14(19)13(15)8-11/h2-8,17,19H,15H2,1H3,(H,16,18). The van der Waals surface area contributed by atoms with Gasteiger partial charge in [-0.25, -0.2) is 8.42 Å². The quantitative estimate of drug-likeness (QED) is 0.388. The number of hydrogen-bond acceptors (Lipinski definition) is 5. The maximum absolute atomic E-state index is 12.3. The van der Waals surface area contributed by atoms with Gasteiger partial charge in [0.05, 0.1) is 16.3 Å². The van der Waals surface area contributed by atoms with E-state index in [9.17, 15) is 18.3 Å². The number of carbonyl (C=O) groups excluding carboxylic acids is 1. The van der Waals surface area contributed by atoms with Gasteiger partial charge in [0.1, 0.15) is 5.75 Å². The lowest BCUT2D eigenvalue weighted by molar-refractivity contribution is -0.114. The van der Waals surface area contributed by atoms with Crippen molar-refractivity contribution in [3.63, 3.8) is 0 Å². The molecule has 0 aliphatic rings. The Morgan fingerprint density at radius 1 is 1.14 bits per heavy atom. The van der Waals surface area contributed by atoms with Gasteiger partial charge in [0.2, 0.25) is 5.91 Å². The molecule has 8 heteroatoms. The lowest BCUT2D eigenvalue weighted by Crippen LogP contribution is -2.14. The first-order valence-corrected chi connectivity index (χ1v) is 7.75. The lowest BCUT2D eigenvalue weighted by atomic mass is 10.3. The first-order valence-electron chi connectivity index (χ1n) is 6.27. The Hall–Kier alpha value is -2.74. The number of nitrogen functional groups attached to an aromatic ring is 1. The van der Waals surface area contributed by atoms with Crippen molar-refractivity contribution in [1.29, 1.82) is 0 Å². The Balaban J connectivity index is 2.30. The highest BCUT2D eigenvalue weighted by atomic mass is 32.2. The van der Waals surface area contributed by atoms with Gasteiger partial charge in [-0.1, -0.05) is 6.07 Å². The fraction of sp³-hybridized carbons (Fsp3) is 0.0714. The van der Waals surface area contributed by atoms with Crippen LogP contribution in [0.2, 0.25) is 0 Å². The Labute approximate surface area is 127 Å². The first-order chi connectivity index (χ1) is 10.3. The van der Waals surface area contributed by atoms with E-state index in [1.165, 1.54) is 43.3 Å². The molecule has 0 aromatic heterocycles. The lowest BCUT2D eigenvalue weighted by Gasteiger charge is -2.10. The van der Waals surface area contributed by atoms with Crippen LogP contribution in [-0.4, -0.2) is 19.4 Å². The summed E-state index contributed by atoms with van der Waals surface area (Å²) in [5.74, 6) is -0.426. The number of anilines is 3. The van der Waals surface area contributed by atoms with Crippen LogP contribution in [0.15, 0.2) is 47.4 Å². The average Bonchev–Trinajstić information content (AvgIpc) is 2.42. The summed E-state index contributed by atoms with van der Waals surface area (Å²) in [6.45, 7) is 1.33. The summed E-state index contributed by atoms with van der Waals surface area (Å²) in [7, 11) is -3.84. The molecule has 2 aromatic rings. The van der Waals surface area contributed by atoms with Crippen molar-refractivity contribution >= 4 is 33.0 Å². The molecule has 0 fully saturated rings. The third kappa shape index (κ3) is 3.67. The fourth-order valence-electron chi connectivity index (χ4n) is 1.78. The molecule has 0 atom stereocenters. The van der Waals surface area contributed by atoms with E-state index in [0.717, 1.165) is 0 Å². The van der Waals surface area contributed by atoms with E-state index in [4.69, 9.17) is 5.73 Å². The molecule has 116 valence electrons. The Bertz CT molecular complexity index is 819. The van der Waals surface area contributed by atoms with Crippen LogP contribution in [0.5, 0.6) is 5.75 Å². The topological polar surface area (TPSA) is 122 Å². The van der Waals surface area contributed by atoms with Crippen molar-refractivity contribution < 1.29 is 18.3 Å². The highest BCUT2D eigenvalue weighted by Crippen LogP contribution is 2.25. The highest BCUT2D eigenvalue weighted by Gasteiger charge is 2.15. The van der Waals surface area contributed by atoms with E-state index in [1.807, 2.05) is 0 Å². The monoisotopic (exact) mass is 321 g/mol. The molecule has 0 spiro atoms. The van der Waals surface area contributed by atoms with Gasteiger partial charge in [-0.05, 0) is 36.4 Å². The van der Waals surface area contributed by atoms with Crippen molar-refractivity contribution in [1.82, 2.24) is 0 Å². The minimum absolute atomic E-state index is 0.00889. The fourth-order valence-corrected chi connectivity index (χ4v) is 2.87. The number of benzene rings is 2. The molecule has 0 radical (unpaired) electrons. The average molecular weight is 321 g/mol. The van der Waals surface area contributed by atoms with Crippen LogP contribution in [0.4, 0.5) is 17.1 Å². The van der Waals surface area contributed by atoms with Crippen molar-refractivity contribution in [3.05, 3.63) is 42.5 Å². The number of phenols is 1. The molecule has 2 aromatic carbocycles. The van der Waals surface area contributed by atoms with Crippen molar-refractivity contribution in [2.75, 3.05) is 15.8 Å². The number of carbonyl (C=O) groups is 1. The molecule has 5 N–H and O–H groups in total. The number of hydrogen-bond donors (Lipinski definition) is 4. The van der Waals surface area contributed by atoms with Gasteiger partial charge in [-0.3, -0.25) is 9.52 Å². The van der Waals surface area contributed by atoms with Crippen LogP contribution >= 0.6 is 0 Å². The first kappa shape index (κ1) is 15.6. The Morgan fingerprint density at radius 2 is 1.86 bits per heavy atom. The molecule has 1 amide bonds. The SMILES string of the molecule is CC(=O)Nc1cccc(S(=O)(=O)Nc2ccc(O)c(N)c2)c1. The zero-order valence-corrected chi connectivity index (χ0v) is 12.5. The molecule has 0 bridgehead atoms. The number of sulfonamides is 1. The molecule has 22 heavy (non-hydrogen) atoms. The van der Waals surface area contributed by atoms with Crippen LogP contribution in [0.1, 0.15) is 6.92 Å². The van der Waals surface area contributed by atoms with Gasteiger partial charge in [0.15, 0.2) is 0 Å². The minimum Gasteiger partial charge on any atom is -0.506 e. The van der Waals surface area contributed by atoms with Crippen molar-refractivity contribution in [2.24, 2.45) is 0 Å². The molecule has 0 unspecified atom stereocenters. The summed E-state index contributed by atoms with van der Waals surface area (Å²) in [6, 6.07) is 9.83. The third-order valence-corrected chi connectivity index (χ3v) is 4.12. The maximum atomic E-state index is 12.3. The van der Waals surface area contributed by atoms with Gasteiger partial charge < -0.3 is 16.2 Å². The molecule has 0 aliphatic heterocycles. The molecule has 0 saturated carbocycles. The minimum atomic E-state index is -3.84. The summed E-state index contributed by atoms with van der Waals surface area (Å²) < 4.78 is 27.0. The van der Waals surface area contributed by atoms with E-state index < -0.39 is 10.0 Å². The second-order valence-electron chi connectivity index (χ2n) is 4.59. The number of rotatable bonds is 4. The molecule has 0 heterocycles. The van der Waals surface area contributed by atoms with E-state index in [-0.39, 0.29) is 27.9 Å². The summed E-state index contributed by atoms with van der Waals surface area (Å²) in [4.78, 5) is 11.0. The second-order valence-corrected chi connectivity index (χ2v) is 6.27. The number of amides is 1. The molecular formula is C14H15N3O4S. The van der Waals surface area contributed by atoms with Gasteiger partial charge in [0, 0.05) is 12.6 Å². The van der Waals surface area contributed by atoms with Gasteiger partial charge >= 0.3 is 0 Å². The predicted molar refractivity (Wildman–Crippen MR) is 84.1 cm³/mol. The summed E-state index contributed by atoms with van der Waals surface area (Å²) in [5, 5.41) is 11.9. The number of nitrogens with one attached hydrogen (secondary N) is 2. The summed E-state index contributed by atoms with van der Waals surface area (Å²) >= 11 is 0. The smallest absolute Gasteiger partial charge is 0.261 e. The Morgan fingerprint density at radius 3 is 2.50 bits per heavy atom. The molecule has 0 aliphatic carbocycles. The van der Waals surface area contributed by atoms with E-state index in [2.05, 4.69) is 10.0 Å². The van der Waals surface area contributed by atoms with Gasteiger partial charge in [-0.15, -0.1) is 0 Å². The summed E-state index contributed by atoms with van der Waals surface area (Å²) in [5.41, 5.74) is 6.19. The number of nitrogens with two attached hydrogens (primary N) is 1. The van der Waals surface area contributed by atoms with E-state index >= 15 is 0 Å². The van der Waals surface area contributed by atoms with Gasteiger partial charge in [-0.2, -0.15) is 0 Å². The van der Waals surface area contributed by atoms with Crippen molar-refractivity contribution in [3.8, 4) is 5.75 Å². The van der Waals surface area contributed by atoms with Crippen LogP contribution in [0.25, 0.3) is 0 Å². The Kier molecular flexibility index (Phi) is 4.22. The zero-order valence-electron chi connectivity index (χ0n) is 11.7. The van der Waals surface area contributed by atoms with Crippen LogP contribution < -0.4 is 15.8 Å². The molecule has 7 nitrogen and oxygen atoms in total. The van der Waals surface area contributed by atoms with E-state index in [0.29, 0.717) is 5.69 Å². The number of aromatic hydroxyl groups is 1. The van der Waals surface area contributed by atoms with Crippen LogP contribution in [0, 0.1) is 0 Å². The molecule has 2 rings (SSSR count). The van der Waals surface area contributed by atoms with Crippen molar-refractivity contribution in [2.45, 2.75) is 11.8 Å². The molecule has 0 saturated heterocycles. The summed E-state index contributed by atoms with van der Waals surface area (Å²) in [6.07, 6.45) is 0. The third-order valence-electron chi connectivity index (χ3n) is 2.74. The van der Waals surface area contributed by atoms with Crippen LogP contribution in [-0.2, 0) is 14.8 Å².